The van der Waals surface area contributed by atoms with Gasteiger partial charge in [0, 0.05) is 19.0 Å². The second-order valence-corrected chi connectivity index (χ2v) is 5.06. The zero-order valence-electron chi connectivity index (χ0n) is 10.9. The third kappa shape index (κ3) is 3.45. The molecule has 17 heavy (non-hydrogen) atoms. The van der Waals surface area contributed by atoms with Gasteiger partial charge >= 0.3 is 5.97 Å². The third-order valence-corrected chi connectivity index (χ3v) is 3.95. The number of rotatable bonds is 5. The average molecular weight is 241 g/mol. The quantitative estimate of drug-likeness (QED) is 0.803. The highest BCUT2D eigenvalue weighted by atomic mass is 16.4. The average Bonchev–Trinajstić information content (AvgIpc) is 2.35. The van der Waals surface area contributed by atoms with Crippen molar-refractivity contribution in [1.29, 1.82) is 0 Å². The van der Waals surface area contributed by atoms with E-state index >= 15 is 0 Å². The molecule has 0 spiro atoms. The Morgan fingerprint density at radius 1 is 1.24 bits per heavy atom. The molecule has 1 saturated carbocycles. The highest BCUT2D eigenvalue weighted by Crippen LogP contribution is 2.40. The van der Waals surface area contributed by atoms with Crippen molar-refractivity contribution in [3.8, 4) is 0 Å². The Morgan fingerprint density at radius 2 is 1.82 bits per heavy atom. The SMILES string of the molecule is CCC1(C(=O)N(C)CCC(=O)O)CCCCC1. The summed E-state index contributed by atoms with van der Waals surface area (Å²) in [4.78, 5) is 24.5. The van der Waals surface area contributed by atoms with Crippen molar-refractivity contribution >= 4 is 11.9 Å². The summed E-state index contributed by atoms with van der Waals surface area (Å²) in [5, 5.41) is 8.64. The number of carbonyl (C=O) groups excluding carboxylic acids is 1. The molecule has 98 valence electrons. The number of nitrogens with zero attached hydrogens (tertiary/aromatic N) is 1. The summed E-state index contributed by atoms with van der Waals surface area (Å²) in [6.45, 7) is 2.38. The van der Waals surface area contributed by atoms with Crippen LogP contribution in [0.5, 0.6) is 0 Å². The lowest BCUT2D eigenvalue weighted by Gasteiger charge is -2.38. The Hall–Kier alpha value is -1.06. The van der Waals surface area contributed by atoms with Crippen LogP contribution >= 0.6 is 0 Å². The van der Waals surface area contributed by atoms with Gasteiger partial charge in [-0.25, -0.2) is 0 Å². The molecule has 0 aliphatic heterocycles. The minimum atomic E-state index is -0.848. The Morgan fingerprint density at radius 3 is 2.29 bits per heavy atom. The molecule has 1 rings (SSSR count). The van der Waals surface area contributed by atoms with Gasteiger partial charge in [0.25, 0.3) is 0 Å². The van der Waals surface area contributed by atoms with Gasteiger partial charge < -0.3 is 10.0 Å². The number of amides is 1. The summed E-state index contributed by atoms with van der Waals surface area (Å²) >= 11 is 0. The van der Waals surface area contributed by atoms with Crippen molar-refractivity contribution in [2.75, 3.05) is 13.6 Å². The van der Waals surface area contributed by atoms with Crippen molar-refractivity contribution in [2.45, 2.75) is 51.9 Å². The van der Waals surface area contributed by atoms with E-state index in [-0.39, 0.29) is 17.7 Å². The summed E-state index contributed by atoms with van der Waals surface area (Å²) in [6.07, 6.45) is 6.26. The summed E-state index contributed by atoms with van der Waals surface area (Å²) < 4.78 is 0. The molecule has 0 aromatic rings. The summed E-state index contributed by atoms with van der Waals surface area (Å²) in [5.74, 6) is -0.709. The standard InChI is InChI=1S/C13H23NO3/c1-3-13(8-5-4-6-9-13)12(17)14(2)10-7-11(15)16/h3-10H2,1-2H3,(H,15,16). The van der Waals surface area contributed by atoms with Crippen LogP contribution in [0.4, 0.5) is 0 Å². The van der Waals surface area contributed by atoms with E-state index in [4.69, 9.17) is 5.11 Å². The maximum Gasteiger partial charge on any atom is 0.305 e. The van der Waals surface area contributed by atoms with Gasteiger partial charge in [0.05, 0.1) is 6.42 Å². The predicted molar refractivity (Wildman–Crippen MR) is 65.7 cm³/mol. The molecule has 0 atom stereocenters. The first-order chi connectivity index (χ1) is 8.02. The molecule has 0 radical (unpaired) electrons. The first kappa shape index (κ1) is 14.0. The van der Waals surface area contributed by atoms with Gasteiger partial charge in [-0.05, 0) is 19.3 Å². The van der Waals surface area contributed by atoms with Gasteiger partial charge in [-0.2, -0.15) is 0 Å². The number of aliphatic carboxylic acids is 1. The van der Waals surface area contributed by atoms with Crippen LogP contribution in [0.3, 0.4) is 0 Å². The van der Waals surface area contributed by atoms with Crippen LogP contribution in [0.1, 0.15) is 51.9 Å². The lowest BCUT2D eigenvalue weighted by molar-refractivity contribution is -0.144. The molecule has 0 unspecified atom stereocenters. The van der Waals surface area contributed by atoms with Gasteiger partial charge in [-0.1, -0.05) is 26.2 Å². The zero-order valence-corrected chi connectivity index (χ0v) is 10.9. The molecule has 1 amide bonds. The molecule has 1 aliphatic rings. The second-order valence-electron chi connectivity index (χ2n) is 5.06. The molecular weight excluding hydrogens is 218 g/mol. The molecule has 1 fully saturated rings. The van der Waals surface area contributed by atoms with Crippen LogP contribution in [-0.2, 0) is 9.59 Å². The minimum absolute atomic E-state index is 0.0298. The smallest absolute Gasteiger partial charge is 0.305 e. The van der Waals surface area contributed by atoms with Gasteiger partial charge in [0.2, 0.25) is 5.91 Å². The van der Waals surface area contributed by atoms with E-state index in [1.165, 1.54) is 6.42 Å². The van der Waals surface area contributed by atoms with Gasteiger partial charge in [-0.15, -0.1) is 0 Å². The Labute approximate surface area is 103 Å². The predicted octanol–water partition coefficient (Wildman–Crippen LogP) is 2.28. The molecule has 0 aromatic carbocycles. The maximum atomic E-state index is 12.4. The topological polar surface area (TPSA) is 57.6 Å². The number of carboxylic acids is 1. The van der Waals surface area contributed by atoms with E-state index in [2.05, 4.69) is 6.92 Å². The fourth-order valence-corrected chi connectivity index (χ4v) is 2.72. The summed E-state index contributed by atoms with van der Waals surface area (Å²) in [7, 11) is 1.72. The first-order valence-corrected chi connectivity index (χ1v) is 6.49. The molecule has 4 heteroatoms. The fraction of sp³-hybridized carbons (Fsp3) is 0.846. The highest BCUT2D eigenvalue weighted by molar-refractivity contribution is 5.83. The van der Waals surface area contributed by atoms with E-state index in [9.17, 15) is 9.59 Å². The molecular formula is C13H23NO3. The number of hydrogen-bond donors (Lipinski definition) is 1. The van der Waals surface area contributed by atoms with Crippen molar-refractivity contribution in [2.24, 2.45) is 5.41 Å². The monoisotopic (exact) mass is 241 g/mol. The third-order valence-electron chi connectivity index (χ3n) is 3.95. The normalized spacial score (nSPS) is 18.7. The van der Waals surface area contributed by atoms with Crippen LogP contribution in [0.2, 0.25) is 0 Å². The Kier molecular flexibility index (Phi) is 4.97. The van der Waals surface area contributed by atoms with Crippen molar-refractivity contribution in [3.05, 3.63) is 0 Å². The maximum absolute atomic E-state index is 12.4. The zero-order chi connectivity index (χ0) is 12.9. The van der Waals surface area contributed by atoms with Crippen molar-refractivity contribution in [3.63, 3.8) is 0 Å². The first-order valence-electron chi connectivity index (χ1n) is 6.49. The van der Waals surface area contributed by atoms with Crippen LogP contribution in [0.15, 0.2) is 0 Å². The minimum Gasteiger partial charge on any atom is -0.481 e. The van der Waals surface area contributed by atoms with Crippen LogP contribution in [-0.4, -0.2) is 35.5 Å². The molecule has 0 bridgehead atoms. The highest BCUT2D eigenvalue weighted by Gasteiger charge is 2.39. The Bertz CT molecular complexity index is 282. The second kappa shape index (κ2) is 6.03. The van der Waals surface area contributed by atoms with Crippen LogP contribution in [0.25, 0.3) is 0 Å². The van der Waals surface area contributed by atoms with Gasteiger partial charge in [-0.3, -0.25) is 9.59 Å². The van der Waals surface area contributed by atoms with E-state index in [1.807, 2.05) is 0 Å². The summed E-state index contributed by atoms with van der Waals surface area (Å²) in [6, 6.07) is 0. The van der Waals surface area contributed by atoms with Gasteiger partial charge in [0.15, 0.2) is 0 Å². The molecule has 0 heterocycles. The van der Waals surface area contributed by atoms with E-state index in [0.717, 1.165) is 32.1 Å². The van der Waals surface area contributed by atoms with E-state index in [0.29, 0.717) is 6.54 Å². The molecule has 1 aliphatic carbocycles. The lowest BCUT2D eigenvalue weighted by Crippen LogP contribution is -2.43. The lowest BCUT2D eigenvalue weighted by atomic mass is 9.71. The molecule has 1 N–H and O–H groups in total. The van der Waals surface area contributed by atoms with Crippen LogP contribution in [0, 0.1) is 5.41 Å². The fourth-order valence-electron chi connectivity index (χ4n) is 2.72. The molecule has 0 saturated heterocycles. The van der Waals surface area contributed by atoms with E-state index < -0.39 is 5.97 Å². The Balaban J connectivity index is 2.61. The number of hydrogen-bond acceptors (Lipinski definition) is 2. The van der Waals surface area contributed by atoms with Crippen LogP contribution < -0.4 is 0 Å². The molecule has 4 nitrogen and oxygen atoms in total. The van der Waals surface area contributed by atoms with Gasteiger partial charge in [0.1, 0.15) is 0 Å². The summed E-state index contributed by atoms with van der Waals surface area (Å²) in [5.41, 5.74) is -0.217. The van der Waals surface area contributed by atoms with Crippen molar-refractivity contribution < 1.29 is 14.7 Å². The van der Waals surface area contributed by atoms with Crippen molar-refractivity contribution in [1.82, 2.24) is 4.90 Å². The van der Waals surface area contributed by atoms with E-state index in [1.54, 1.807) is 11.9 Å². The number of carbonyl (C=O) groups is 2. The molecule has 0 aromatic heterocycles. The number of carboxylic acid groups (broad SMARTS) is 1. The largest absolute Gasteiger partial charge is 0.481 e.